The Hall–Kier alpha value is -0.0400. The summed E-state index contributed by atoms with van der Waals surface area (Å²) in [6.07, 6.45) is 1.38. The molecule has 2 atom stereocenters. The van der Waals surface area contributed by atoms with Gasteiger partial charge in [0.1, 0.15) is 0 Å². The van der Waals surface area contributed by atoms with Gasteiger partial charge in [-0.05, 0) is 31.7 Å². The third kappa shape index (κ3) is 1.96. The van der Waals surface area contributed by atoms with Crippen LogP contribution in [0.2, 0.25) is 0 Å². The first-order valence-corrected chi connectivity index (χ1v) is 4.61. The second-order valence-electron chi connectivity index (χ2n) is 5.09. The molecular formula is C10H21N. The second-order valence-corrected chi connectivity index (χ2v) is 5.09. The van der Waals surface area contributed by atoms with Crippen molar-refractivity contribution in [2.75, 3.05) is 13.6 Å². The fourth-order valence-electron chi connectivity index (χ4n) is 1.82. The predicted octanol–water partition coefficient (Wildman–Crippen LogP) is 2.37. The highest BCUT2D eigenvalue weighted by Gasteiger charge is 2.33. The van der Waals surface area contributed by atoms with Gasteiger partial charge in [-0.1, -0.05) is 20.8 Å². The van der Waals surface area contributed by atoms with E-state index >= 15 is 0 Å². The maximum Gasteiger partial charge on any atom is 0.00673 e. The van der Waals surface area contributed by atoms with Gasteiger partial charge in [0, 0.05) is 12.6 Å². The van der Waals surface area contributed by atoms with Crippen molar-refractivity contribution in [3.8, 4) is 0 Å². The van der Waals surface area contributed by atoms with Gasteiger partial charge in [0.15, 0.2) is 0 Å². The minimum Gasteiger partial charge on any atom is -0.303 e. The first-order chi connectivity index (χ1) is 4.91. The minimum atomic E-state index is 0.499. The van der Waals surface area contributed by atoms with E-state index in [-0.39, 0.29) is 0 Å². The molecule has 1 heteroatoms. The van der Waals surface area contributed by atoms with E-state index in [0.717, 1.165) is 12.0 Å². The first kappa shape index (κ1) is 9.05. The molecule has 1 saturated heterocycles. The highest BCUT2D eigenvalue weighted by atomic mass is 15.1. The van der Waals surface area contributed by atoms with Crippen LogP contribution in [0.1, 0.15) is 34.1 Å². The van der Waals surface area contributed by atoms with Gasteiger partial charge in [-0.3, -0.25) is 0 Å². The topological polar surface area (TPSA) is 3.24 Å². The van der Waals surface area contributed by atoms with E-state index in [0.29, 0.717) is 5.41 Å². The standard InChI is InChI=1S/C10H21N/c1-8-6-9(7-11(8)5)10(2,3)4/h8-9H,6-7H2,1-5H3/t8?,9-/m0/s1. The Balaban J connectivity index is 2.54. The molecule has 0 spiro atoms. The van der Waals surface area contributed by atoms with E-state index in [1.807, 2.05) is 0 Å². The second kappa shape index (κ2) is 2.78. The van der Waals surface area contributed by atoms with Crippen molar-refractivity contribution >= 4 is 0 Å². The average Bonchev–Trinajstić information content (AvgIpc) is 2.11. The van der Waals surface area contributed by atoms with Gasteiger partial charge in [0.05, 0.1) is 0 Å². The summed E-state index contributed by atoms with van der Waals surface area (Å²) in [4.78, 5) is 2.47. The van der Waals surface area contributed by atoms with Crippen molar-refractivity contribution < 1.29 is 0 Å². The molecule has 0 N–H and O–H groups in total. The SMILES string of the molecule is CC1C[C@H](C(C)(C)C)CN1C. The van der Waals surface area contributed by atoms with Crippen molar-refractivity contribution in [2.45, 2.75) is 40.2 Å². The van der Waals surface area contributed by atoms with Crippen LogP contribution < -0.4 is 0 Å². The Bertz CT molecular complexity index is 124. The monoisotopic (exact) mass is 155 g/mol. The summed E-state index contributed by atoms with van der Waals surface area (Å²) in [7, 11) is 2.23. The molecule has 0 aromatic rings. The summed E-state index contributed by atoms with van der Waals surface area (Å²) in [5.41, 5.74) is 0.499. The molecule has 1 rings (SSSR count). The van der Waals surface area contributed by atoms with Gasteiger partial charge in [0.25, 0.3) is 0 Å². The third-order valence-electron chi connectivity index (χ3n) is 3.11. The lowest BCUT2D eigenvalue weighted by molar-refractivity contribution is 0.240. The van der Waals surface area contributed by atoms with Gasteiger partial charge < -0.3 is 4.90 Å². The van der Waals surface area contributed by atoms with Gasteiger partial charge in [-0.2, -0.15) is 0 Å². The van der Waals surface area contributed by atoms with E-state index < -0.39 is 0 Å². The maximum absolute atomic E-state index is 2.47. The van der Waals surface area contributed by atoms with Crippen LogP contribution in [-0.2, 0) is 0 Å². The molecule has 1 aliphatic heterocycles. The van der Waals surface area contributed by atoms with Crippen LogP contribution in [0.5, 0.6) is 0 Å². The fourth-order valence-corrected chi connectivity index (χ4v) is 1.82. The molecule has 1 unspecified atom stereocenters. The third-order valence-corrected chi connectivity index (χ3v) is 3.11. The van der Waals surface area contributed by atoms with Crippen molar-refractivity contribution in [3.05, 3.63) is 0 Å². The normalized spacial score (nSPS) is 34.6. The molecule has 66 valence electrons. The van der Waals surface area contributed by atoms with Gasteiger partial charge in [0.2, 0.25) is 0 Å². The van der Waals surface area contributed by atoms with Crippen LogP contribution in [0.4, 0.5) is 0 Å². The zero-order valence-electron chi connectivity index (χ0n) is 8.52. The molecule has 1 aliphatic rings. The van der Waals surface area contributed by atoms with Gasteiger partial charge in [-0.25, -0.2) is 0 Å². The van der Waals surface area contributed by atoms with Crippen LogP contribution in [0.15, 0.2) is 0 Å². The van der Waals surface area contributed by atoms with Crippen molar-refractivity contribution in [2.24, 2.45) is 11.3 Å². The van der Waals surface area contributed by atoms with Gasteiger partial charge >= 0.3 is 0 Å². The zero-order chi connectivity index (χ0) is 8.65. The molecule has 11 heavy (non-hydrogen) atoms. The van der Waals surface area contributed by atoms with Crippen molar-refractivity contribution in [1.29, 1.82) is 0 Å². The summed E-state index contributed by atoms with van der Waals surface area (Å²) in [6.45, 7) is 10.7. The molecule has 1 heterocycles. The number of hydrogen-bond donors (Lipinski definition) is 0. The predicted molar refractivity (Wildman–Crippen MR) is 49.7 cm³/mol. The highest BCUT2D eigenvalue weighted by molar-refractivity contribution is 4.86. The fraction of sp³-hybridized carbons (Fsp3) is 1.00. The molecule has 1 nitrogen and oxygen atoms in total. The van der Waals surface area contributed by atoms with Crippen LogP contribution in [0.25, 0.3) is 0 Å². The smallest absolute Gasteiger partial charge is 0.00673 e. The minimum absolute atomic E-state index is 0.499. The van der Waals surface area contributed by atoms with E-state index in [1.54, 1.807) is 0 Å². The van der Waals surface area contributed by atoms with Crippen LogP contribution >= 0.6 is 0 Å². The summed E-state index contributed by atoms with van der Waals surface area (Å²) >= 11 is 0. The molecule has 0 aromatic heterocycles. The summed E-state index contributed by atoms with van der Waals surface area (Å²) in [5, 5.41) is 0. The molecular weight excluding hydrogens is 134 g/mol. The Morgan fingerprint density at radius 1 is 1.27 bits per heavy atom. The zero-order valence-corrected chi connectivity index (χ0v) is 8.52. The number of nitrogens with zero attached hydrogens (tertiary/aromatic N) is 1. The van der Waals surface area contributed by atoms with E-state index in [2.05, 4.69) is 39.6 Å². The molecule has 0 saturated carbocycles. The molecule has 0 amide bonds. The van der Waals surface area contributed by atoms with E-state index in [1.165, 1.54) is 13.0 Å². The van der Waals surface area contributed by atoms with Crippen molar-refractivity contribution in [3.63, 3.8) is 0 Å². The van der Waals surface area contributed by atoms with Crippen LogP contribution in [-0.4, -0.2) is 24.5 Å². The summed E-state index contributed by atoms with van der Waals surface area (Å²) in [5.74, 6) is 0.891. The Kier molecular flexibility index (Phi) is 2.29. The Morgan fingerprint density at radius 2 is 1.82 bits per heavy atom. The van der Waals surface area contributed by atoms with Crippen molar-refractivity contribution in [1.82, 2.24) is 4.90 Å². The number of rotatable bonds is 0. The quantitative estimate of drug-likeness (QED) is 0.519. The molecule has 1 fully saturated rings. The van der Waals surface area contributed by atoms with E-state index in [9.17, 15) is 0 Å². The highest BCUT2D eigenvalue weighted by Crippen LogP contribution is 2.35. The van der Waals surface area contributed by atoms with Gasteiger partial charge in [-0.15, -0.1) is 0 Å². The molecule has 0 bridgehead atoms. The Labute approximate surface area is 70.8 Å². The largest absolute Gasteiger partial charge is 0.303 e. The lowest BCUT2D eigenvalue weighted by atomic mass is 9.79. The lowest BCUT2D eigenvalue weighted by Crippen LogP contribution is -2.24. The number of hydrogen-bond acceptors (Lipinski definition) is 1. The molecule has 0 aliphatic carbocycles. The molecule has 0 radical (unpaired) electrons. The lowest BCUT2D eigenvalue weighted by Gasteiger charge is -2.26. The first-order valence-electron chi connectivity index (χ1n) is 4.61. The Morgan fingerprint density at radius 3 is 2.00 bits per heavy atom. The average molecular weight is 155 g/mol. The summed E-state index contributed by atoms with van der Waals surface area (Å²) in [6, 6.07) is 0.791. The maximum atomic E-state index is 2.47. The molecule has 0 aromatic carbocycles. The number of likely N-dealkylation sites (tertiary alicyclic amines) is 1. The van der Waals surface area contributed by atoms with E-state index in [4.69, 9.17) is 0 Å². The van der Waals surface area contributed by atoms with Crippen LogP contribution in [0, 0.1) is 11.3 Å². The summed E-state index contributed by atoms with van der Waals surface area (Å²) < 4.78 is 0. The van der Waals surface area contributed by atoms with Crippen LogP contribution in [0.3, 0.4) is 0 Å².